The maximum absolute atomic E-state index is 13.6. The van der Waals surface area contributed by atoms with Crippen LogP contribution in [0.5, 0.6) is 0 Å². The van der Waals surface area contributed by atoms with Gasteiger partial charge in [-0.2, -0.15) is 18.4 Å². The zero-order chi connectivity index (χ0) is 13.8. The largest absolute Gasteiger partial charge is 0.405 e. The second-order valence-corrected chi connectivity index (χ2v) is 3.81. The van der Waals surface area contributed by atoms with E-state index in [1.807, 2.05) is 0 Å². The Morgan fingerprint density at radius 1 is 1.33 bits per heavy atom. The highest BCUT2D eigenvalue weighted by atomic mass is 19.4. The molecular weight excluding hydrogens is 248 g/mol. The van der Waals surface area contributed by atoms with Crippen LogP contribution in [0.2, 0.25) is 0 Å². The standard InChI is InChI=1S/C12H12F4N2/c1-2-5-18(8-12(14,15)16)11-4-3-9(7-17)6-10(11)13/h3-4,6H,2,5,8H2,1H3. The van der Waals surface area contributed by atoms with E-state index in [0.29, 0.717) is 6.42 Å². The lowest BCUT2D eigenvalue weighted by Gasteiger charge is -2.25. The summed E-state index contributed by atoms with van der Waals surface area (Å²) >= 11 is 0. The molecule has 98 valence electrons. The molecule has 0 atom stereocenters. The fraction of sp³-hybridized carbons (Fsp3) is 0.417. The maximum Gasteiger partial charge on any atom is 0.405 e. The Morgan fingerprint density at radius 3 is 2.44 bits per heavy atom. The van der Waals surface area contributed by atoms with E-state index in [2.05, 4.69) is 0 Å². The summed E-state index contributed by atoms with van der Waals surface area (Å²) in [6.45, 7) is 0.608. The van der Waals surface area contributed by atoms with Gasteiger partial charge in [0, 0.05) is 6.54 Å². The number of anilines is 1. The first-order chi connectivity index (χ1) is 8.37. The monoisotopic (exact) mass is 260 g/mol. The van der Waals surface area contributed by atoms with E-state index in [4.69, 9.17) is 5.26 Å². The molecule has 0 aliphatic heterocycles. The molecule has 1 aromatic rings. The van der Waals surface area contributed by atoms with Crippen LogP contribution in [-0.4, -0.2) is 19.3 Å². The predicted molar refractivity (Wildman–Crippen MR) is 59.7 cm³/mol. The molecule has 0 radical (unpaired) electrons. The second-order valence-electron chi connectivity index (χ2n) is 3.81. The molecule has 1 aromatic carbocycles. The van der Waals surface area contributed by atoms with Crippen LogP contribution < -0.4 is 4.90 Å². The van der Waals surface area contributed by atoms with Crippen LogP contribution in [0.4, 0.5) is 23.2 Å². The summed E-state index contributed by atoms with van der Waals surface area (Å²) < 4.78 is 50.8. The van der Waals surface area contributed by atoms with E-state index >= 15 is 0 Å². The minimum absolute atomic E-state index is 0.0831. The van der Waals surface area contributed by atoms with Crippen molar-refractivity contribution in [3.05, 3.63) is 29.6 Å². The summed E-state index contributed by atoms with van der Waals surface area (Å²) in [6.07, 6.45) is -3.93. The topological polar surface area (TPSA) is 27.0 Å². The molecule has 0 N–H and O–H groups in total. The summed E-state index contributed by atoms with van der Waals surface area (Å²) in [5.41, 5.74) is -0.0483. The summed E-state index contributed by atoms with van der Waals surface area (Å²) in [4.78, 5) is 0.927. The average Bonchev–Trinajstić information content (AvgIpc) is 2.26. The molecular formula is C12H12F4N2. The molecule has 0 amide bonds. The SMILES string of the molecule is CCCN(CC(F)(F)F)c1ccc(C#N)cc1F. The van der Waals surface area contributed by atoms with Gasteiger partial charge in [-0.1, -0.05) is 6.92 Å². The second kappa shape index (κ2) is 5.71. The first-order valence-electron chi connectivity index (χ1n) is 5.38. The minimum atomic E-state index is -4.39. The van der Waals surface area contributed by atoms with Crippen molar-refractivity contribution in [3.8, 4) is 6.07 Å². The number of nitrogens with zero attached hydrogens (tertiary/aromatic N) is 2. The Kier molecular flexibility index (Phi) is 4.54. The molecule has 0 fully saturated rings. The summed E-state index contributed by atoms with van der Waals surface area (Å²) in [6, 6.07) is 5.18. The molecule has 1 rings (SSSR count). The smallest absolute Gasteiger partial charge is 0.360 e. The van der Waals surface area contributed by atoms with Crippen LogP contribution in [-0.2, 0) is 0 Å². The van der Waals surface area contributed by atoms with Gasteiger partial charge >= 0.3 is 6.18 Å². The molecule has 0 aromatic heterocycles. The van der Waals surface area contributed by atoms with Gasteiger partial charge in [-0.25, -0.2) is 4.39 Å². The third kappa shape index (κ3) is 3.91. The van der Waals surface area contributed by atoms with Crippen LogP contribution >= 0.6 is 0 Å². The Bertz CT molecular complexity index is 448. The van der Waals surface area contributed by atoms with Gasteiger partial charge < -0.3 is 4.90 Å². The van der Waals surface area contributed by atoms with Crippen molar-refractivity contribution in [2.75, 3.05) is 18.0 Å². The zero-order valence-corrected chi connectivity index (χ0v) is 9.76. The number of rotatable bonds is 4. The van der Waals surface area contributed by atoms with Crippen LogP contribution in [0.3, 0.4) is 0 Å². The number of hydrogen-bond acceptors (Lipinski definition) is 2. The van der Waals surface area contributed by atoms with Gasteiger partial charge in [-0.05, 0) is 24.6 Å². The highest BCUT2D eigenvalue weighted by Crippen LogP contribution is 2.25. The molecule has 0 saturated heterocycles. The Labute approximate surface area is 102 Å². The molecule has 0 saturated carbocycles. The summed E-state index contributed by atoms with van der Waals surface area (Å²) in [5, 5.41) is 8.57. The molecule has 0 bridgehead atoms. The number of nitriles is 1. The van der Waals surface area contributed by atoms with E-state index in [-0.39, 0.29) is 17.8 Å². The lowest BCUT2D eigenvalue weighted by Crippen LogP contribution is -2.35. The first-order valence-corrected chi connectivity index (χ1v) is 5.38. The van der Waals surface area contributed by atoms with E-state index in [1.165, 1.54) is 12.1 Å². The number of halogens is 4. The molecule has 0 heterocycles. The fourth-order valence-electron chi connectivity index (χ4n) is 1.60. The Balaban J connectivity index is 3.03. The number of alkyl halides is 3. The van der Waals surface area contributed by atoms with Gasteiger partial charge in [-0.15, -0.1) is 0 Å². The lowest BCUT2D eigenvalue weighted by atomic mass is 10.2. The summed E-state index contributed by atoms with van der Waals surface area (Å²) in [5.74, 6) is -0.813. The van der Waals surface area contributed by atoms with Crippen molar-refractivity contribution in [1.82, 2.24) is 0 Å². The molecule has 0 unspecified atom stereocenters. The van der Waals surface area contributed by atoms with E-state index in [0.717, 1.165) is 11.0 Å². The normalized spacial score (nSPS) is 11.1. The van der Waals surface area contributed by atoms with Gasteiger partial charge in [-0.3, -0.25) is 0 Å². The molecule has 2 nitrogen and oxygen atoms in total. The third-order valence-electron chi connectivity index (χ3n) is 2.28. The summed E-state index contributed by atoms with van der Waals surface area (Å²) in [7, 11) is 0. The van der Waals surface area contributed by atoms with Gasteiger partial charge in [0.1, 0.15) is 12.4 Å². The van der Waals surface area contributed by atoms with Crippen molar-refractivity contribution >= 4 is 5.69 Å². The highest BCUT2D eigenvalue weighted by molar-refractivity contribution is 5.51. The third-order valence-corrected chi connectivity index (χ3v) is 2.28. The quantitative estimate of drug-likeness (QED) is 0.775. The Hall–Kier alpha value is -1.77. The van der Waals surface area contributed by atoms with Crippen molar-refractivity contribution in [2.24, 2.45) is 0 Å². The van der Waals surface area contributed by atoms with Crippen molar-refractivity contribution in [2.45, 2.75) is 19.5 Å². The molecule has 0 spiro atoms. The van der Waals surface area contributed by atoms with Gasteiger partial charge in [0.25, 0.3) is 0 Å². The van der Waals surface area contributed by atoms with Gasteiger partial charge in [0.15, 0.2) is 0 Å². The molecule has 0 aliphatic carbocycles. The average molecular weight is 260 g/mol. The van der Waals surface area contributed by atoms with Crippen LogP contribution in [0.15, 0.2) is 18.2 Å². The predicted octanol–water partition coefficient (Wildman–Crippen LogP) is 3.48. The van der Waals surface area contributed by atoms with Gasteiger partial charge in [0.05, 0.1) is 17.3 Å². The maximum atomic E-state index is 13.6. The van der Waals surface area contributed by atoms with Crippen LogP contribution in [0.25, 0.3) is 0 Å². The molecule has 6 heteroatoms. The minimum Gasteiger partial charge on any atom is -0.360 e. The van der Waals surface area contributed by atoms with Crippen LogP contribution in [0, 0.1) is 17.1 Å². The van der Waals surface area contributed by atoms with Gasteiger partial charge in [0.2, 0.25) is 0 Å². The number of hydrogen-bond donors (Lipinski definition) is 0. The van der Waals surface area contributed by atoms with Crippen molar-refractivity contribution in [1.29, 1.82) is 5.26 Å². The number of benzene rings is 1. The highest BCUT2D eigenvalue weighted by Gasteiger charge is 2.31. The fourth-order valence-corrected chi connectivity index (χ4v) is 1.60. The van der Waals surface area contributed by atoms with Crippen molar-refractivity contribution < 1.29 is 17.6 Å². The van der Waals surface area contributed by atoms with E-state index in [1.54, 1.807) is 13.0 Å². The lowest BCUT2D eigenvalue weighted by molar-refractivity contribution is -0.119. The van der Waals surface area contributed by atoms with Crippen LogP contribution in [0.1, 0.15) is 18.9 Å². The first kappa shape index (κ1) is 14.3. The van der Waals surface area contributed by atoms with E-state index in [9.17, 15) is 17.6 Å². The van der Waals surface area contributed by atoms with Crippen molar-refractivity contribution in [3.63, 3.8) is 0 Å². The van der Waals surface area contributed by atoms with E-state index < -0.39 is 18.5 Å². The molecule has 0 aliphatic rings. The Morgan fingerprint density at radius 2 is 2.00 bits per heavy atom. The zero-order valence-electron chi connectivity index (χ0n) is 9.76. The molecule has 18 heavy (non-hydrogen) atoms.